The van der Waals surface area contributed by atoms with Crippen LogP contribution < -0.4 is 0 Å². The van der Waals surface area contributed by atoms with Gasteiger partial charge < -0.3 is 9.64 Å². The van der Waals surface area contributed by atoms with Crippen LogP contribution in [-0.2, 0) is 16.1 Å². The molecule has 0 spiro atoms. The van der Waals surface area contributed by atoms with Crippen LogP contribution in [0.5, 0.6) is 0 Å². The Balaban J connectivity index is 2.31. The van der Waals surface area contributed by atoms with Gasteiger partial charge in [-0.1, -0.05) is 43.3 Å². The summed E-state index contributed by atoms with van der Waals surface area (Å²) in [5, 5.41) is 0. The van der Waals surface area contributed by atoms with Crippen LogP contribution in [-0.4, -0.2) is 29.0 Å². The minimum atomic E-state index is -0.800. The number of hydrogen-bond donors (Lipinski definition) is 0. The predicted molar refractivity (Wildman–Crippen MR) is 97.0 cm³/mol. The van der Waals surface area contributed by atoms with Crippen molar-refractivity contribution in [3.05, 3.63) is 59.7 Å². The highest BCUT2D eigenvalue weighted by molar-refractivity contribution is 8.00. The molecule has 3 nitrogen and oxygen atoms in total. The molecule has 2 unspecified atom stereocenters. The number of halogens is 1. The van der Waals surface area contributed by atoms with E-state index in [1.807, 2.05) is 49.6 Å². The summed E-state index contributed by atoms with van der Waals surface area (Å²) in [7, 11) is 1.38. The van der Waals surface area contributed by atoms with Gasteiger partial charge in [-0.2, -0.15) is 4.39 Å². The SMILES string of the molecule is CCC(SC)(C(=O)OC)C1C=CN(Cc2ccccc2)C(F)=C1C. The van der Waals surface area contributed by atoms with Crippen molar-refractivity contribution in [2.75, 3.05) is 13.4 Å². The molecule has 130 valence electrons. The van der Waals surface area contributed by atoms with Crippen molar-refractivity contribution in [2.24, 2.45) is 5.92 Å². The highest BCUT2D eigenvalue weighted by Gasteiger charge is 2.46. The summed E-state index contributed by atoms with van der Waals surface area (Å²) in [6.07, 6.45) is 6.09. The zero-order chi connectivity index (χ0) is 17.7. The van der Waals surface area contributed by atoms with Crippen LogP contribution in [0.15, 0.2) is 54.1 Å². The van der Waals surface area contributed by atoms with E-state index in [-0.39, 0.29) is 17.8 Å². The Kier molecular flexibility index (Phi) is 6.10. The molecule has 0 saturated heterocycles. The van der Waals surface area contributed by atoms with E-state index in [2.05, 4.69) is 0 Å². The van der Waals surface area contributed by atoms with Crippen molar-refractivity contribution in [3.8, 4) is 0 Å². The van der Waals surface area contributed by atoms with Gasteiger partial charge in [0.15, 0.2) is 5.95 Å². The molecule has 0 fully saturated rings. The standard InChI is InChI=1S/C19H24FNO2S/c1-5-19(24-4,18(22)23-3)16-11-12-21(17(20)14(16)2)13-15-9-7-6-8-10-15/h6-12,16H,5,13H2,1-4H3. The first kappa shape index (κ1) is 18.6. The smallest absolute Gasteiger partial charge is 0.322 e. The van der Waals surface area contributed by atoms with E-state index >= 15 is 0 Å². The van der Waals surface area contributed by atoms with E-state index in [1.165, 1.54) is 18.9 Å². The van der Waals surface area contributed by atoms with Crippen molar-refractivity contribution in [2.45, 2.75) is 31.6 Å². The molecule has 24 heavy (non-hydrogen) atoms. The lowest BCUT2D eigenvalue weighted by Gasteiger charge is -2.38. The fourth-order valence-corrected chi connectivity index (χ4v) is 4.23. The third-order valence-electron chi connectivity index (χ3n) is 4.62. The fraction of sp³-hybridized carbons (Fsp3) is 0.421. The molecule has 0 amide bonds. The summed E-state index contributed by atoms with van der Waals surface area (Å²) in [5.41, 5.74) is 1.60. The number of esters is 1. The van der Waals surface area contributed by atoms with E-state index in [4.69, 9.17) is 4.74 Å². The Labute approximate surface area is 147 Å². The Morgan fingerprint density at radius 3 is 2.58 bits per heavy atom. The number of hydrogen-bond acceptors (Lipinski definition) is 4. The average Bonchev–Trinajstić information content (AvgIpc) is 2.62. The average molecular weight is 349 g/mol. The minimum absolute atomic E-state index is 0.290. The zero-order valence-electron chi connectivity index (χ0n) is 14.6. The molecule has 0 aromatic heterocycles. The number of benzene rings is 1. The van der Waals surface area contributed by atoms with Gasteiger partial charge in [0.2, 0.25) is 0 Å². The Bertz CT molecular complexity index is 638. The Morgan fingerprint density at radius 1 is 1.38 bits per heavy atom. The summed E-state index contributed by atoms with van der Waals surface area (Å²) in [5.74, 6) is -0.921. The van der Waals surface area contributed by atoms with Gasteiger partial charge in [0.25, 0.3) is 0 Å². The molecule has 0 saturated carbocycles. The number of rotatable bonds is 6. The normalized spacial score (nSPS) is 20.0. The Morgan fingerprint density at radius 2 is 2.04 bits per heavy atom. The van der Waals surface area contributed by atoms with Crippen LogP contribution >= 0.6 is 11.8 Å². The summed E-state index contributed by atoms with van der Waals surface area (Å²) >= 11 is 1.42. The first-order chi connectivity index (χ1) is 11.5. The molecule has 1 aromatic rings. The molecule has 1 heterocycles. The molecule has 2 rings (SSSR count). The molecule has 0 bridgehead atoms. The molecule has 1 aliphatic rings. The number of nitrogens with zero attached hydrogens (tertiary/aromatic N) is 1. The lowest BCUT2D eigenvalue weighted by molar-refractivity contribution is -0.144. The maximum Gasteiger partial charge on any atom is 0.322 e. The van der Waals surface area contributed by atoms with Crippen LogP contribution in [0.25, 0.3) is 0 Å². The molecule has 0 N–H and O–H groups in total. The quantitative estimate of drug-likeness (QED) is 0.558. The fourth-order valence-electron chi connectivity index (χ4n) is 3.18. The zero-order valence-corrected chi connectivity index (χ0v) is 15.4. The van der Waals surface area contributed by atoms with Crippen molar-refractivity contribution in [1.82, 2.24) is 4.90 Å². The van der Waals surface area contributed by atoms with Crippen LogP contribution in [0.1, 0.15) is 25.8 Å². The number of ether oxygens (including phenoxy) is 1. The van der Waals surface area contributed by atoms with Gasteiger partial charge in [-0.05, 0) is 30.7 Å². The maximum atomic E-state index is 14.9. The van der Waals surface area contributed by atoms with Gasteiger partial charge in [0, 0.05) is 18.7 Å². The first-order valence-corrected chi connectivity index (χ1v) is 9.21. The van der Waals surface area contributed by atoms with E-state index in [9.17, 15) is 9.18 Å². The van der Waals surface area contributed by atoms with Gasteiger partial charge in [0.05, 0.1) is 7.11 Å². The lowest BCUT2D eigenvalue weighted by Crippen LogP contribution is -2.44. The second kappa shape index (κ2) is 7.88. The van der Waals surface area contributed by atoms with Crippen molar-refractivity contribution < 1.29 is 13.9 Å². The summed E-state index contributed by atoms with van der Waals surface area (Å²) < 4.78 is 19.1. The molecule has 0 radical (unpaired) electrons. The third kappa shape index (κ3) is 3.36. The molecule has 0 aliphatic carbocycles. The summed E-state index contributed by atoms with van der Waals surface area (Å²) in [4.78, 5) is 14.0. The highest BCUT2D eigenvalue weighted by Crippen LogP contribution is 2.44. The van der Waals surface area contributed by atoms with Crippen molar-refractivity contribution in [3.63, 3.8) is 0 Å². The van der Waals surface area contributed by atoms with Crippen LogP contribution in [0.2, 0.25) is 0 Å². The van der Waals surface area contributed by atoms with E-state index in [0.717, 1.165) is 5.56 Å². The monoisotopic (exact) mass is 349 g/mol. The molecule has 1 aliphatic heterocycles. The van der Waals surface area contributed by atoms with Gasteiger partial charge in [-0.25, -0.2) is 0 Å². The van der Waals surface area contributed by atoms with E-state index in [0.29, 0.717) is 18.5 Å². The number of allylic oxidation sites excluding steroid dienone is 2. The predicted octanol–water partition coefficient (Wildman–Crippen LogP) is 4.52. The molecule has 2 atom stereocenters. The topological polar surface area (TPSA) is 29.5 Å². The Hall–Kier alpha value is -1.75. The van der Waals surface area contributed by atoms with Gasteiger partial charge in [-0.15, -0.1) is 11.8 Å². The maximum absolute atomic E-state index is 14.9. The van der Waals surface area contributed by atoms with Crippen LogP contribution in [0.4, 0.5) is 4.39 Å². The minimum Gasteiger partial charge on any atom is -0.468 e. The molecular weight excluding hydrogens is 325 g/mol. The first-order valence-electron chi connectivity index (χ1n) is 7.98. The second-order valence-electron chi connectivity index (χ2n) is 5.85. The number of thioether (sulfide) groups is 1. The lowest BCUT2D eigenvalue weighted by atomic mass is 9.82. The van der Waals surface area contributed by atoms with Crippen molar-refractivity contribution >= 4 is 17.7 Å². The molecule has 1 aromatic carbocycles. The van der Waals surface area contributed by atoms with E-state index in [1.54, 1.807) is 18.0 Å². The molecular formula is C19H24FNO2S. The van der Waals surface area contributed by atoms with Gasteiger partial charge >= 0.3 is 5.97 Å². The van der Waals surface area contributed by atoms with Gasteiger partial charge in [-0.3, -0.25) is 4.79 Å². The van der Waals surface area contributed by atoms with Crippen LogP contribution in [0, 0.1) is 5.92 Å². The summed E-state index contributed by atoms with van der Waals surface area (Å²) in [6.45, 7) is 4.15. The largest absolute Gasteiger partial charge is 0.468 e. The van der Waals surface area contributed by atoms with Crippen LogP contribution in [0.3, 0.4) is 0 Å². The number of methoxy groups -OCH3 is 1. The second-order valence-corrected chi connectivity index (χ2v) is 6.98. The number of carbonyl (C=O) groups is 1. The highest BCUT2D eigenvalue weighted by atomic mass is 32.2. The van der Waals surface area contributed by atoms with Gasteiger partial charge in [0.1, 0.15) is 4.75 Å². The third-order valence-corrected chi connectivity index (χ3v) is 6.06. The van der Waals surface area contributed by atoms with E-state index < -0.39 is 4.75 Å². The number of carbonyl (C=O) groups excluding carboxylic acids is 1. The summed E-state index contributed by atoms with van der Waals surface area (Å²) in [6, 6.07) is 9.75. The molecule has 5 heteroatoms. The van der Waals surface area contributed by atoms with Crippen molar-refractivity contribution in [1.29, 1.82) is 0 Å².